The highest BCUT2D eigenvalue weighted by atomic mass is 16.1. The zero-order valence-electron chi connectivity index (χ0n) is 11.4. The Labute approximate surface area is 122 Å². The summed E-state index contributed by atoms with van der Waals surface area (Å²) >= 11 is 0. The molecular weight excluding hydrogens is 262 g/mol. The van der Waals surface area contributed by atoms with Crippen molar-refractivity contribution in [2.24, 2.45) is 0 Å². The number of H-pyrrole nitrogens is 1. The molecule has 0 radical (unpaired) electrons. The molecule has 104 valence electrons. The zero-order chi connectivity index (χ0) is 14.5. The highest BCUT2D eigenvalue weighted by molar-refractivity contribution is 5.92. The van der Waals surface area contributed by atoms with Gasteiger partial charge < -0.3 is 10.3 Å². The van der Waals surface area contributed by atoms with Crippen molar-refractivity contribution in [1.29, 1.82) is 0 Å². The summed E-state index contributed by atoms with van der Waals surface area (Å²) in [6.07, 6.45) is 3.51. The lowest BCUT2D eigenvalue weighted by Gasteiger charge is -2.05. The van der Waals surface area contributed by atoms with Crippen LogP contribution in [-0.2, 0) is 6.54 Å². The van der Waals surface area contributed by atoms with Gasteiger partial charge in [-0.15, -0.1) is 0 Å². The summed E-state index contributed by atoms with van der Waals surface area (Å²) in [5.41, 5.74) is 3.63. The lowest BCUT2D eigenvalue weighted by molar-refractivity contribution is 0.0946. The Morgan fingerprint density at radius 3 is 2.57 bits per heavy atom. The summed E-state index contributed by atoms with van der Waals surface area (Å²) in [6, 6.07) is 17.4. The number of hydrogen-bond acceptors (Lipinski definition) is 2. The maximum absolute atomic E-state index is 11.8. The predicted octanol–water partition coefficient (Wildman–Crippen LogP) is 3.01. The summed E-state index contributed by atoms with van der Waals surface area (Å²) in [6.45, 7) is 0.500. The molecular formula is C17H15N3O. The largest absolute Gasteiger partial charge is 0.357 e. The second-order valence-corrected chi connectivity index (χ2v) is 4.68. The van der Waals surface area contributed by atoms with Gasteiger partial charge in [0, 0.05) is 24.5 Å². The number of aromatic amines is 1. The lowest BCUT2D eigenvalue weighted by Crippen LogP contribution is -2.22. The molecule has 0 bridgehead atoms. The topological polar surface area (TPSA) is 57.8 Å². The van der Waals surface area contributed by atoms with E-state index in [1.54, 1.807) is 24.5 Å². The smallest absolute Gasteiger partial charge is 0.267 e. The number of pyridine rings is 1. The SMILES string of the molecule is O=C(NCc1ccc(-c2ccccn2)cc1)c1ccc[nH]1. The second kappa shape index (κ2) is 6.05. The molecule has 4 heteroatoms. The maximum atomic E-state index is 11.8. The Balaban J connectivity index is 1.64. The van der Waals surface area contributed by atoms with E-state index in [0.29, 0.717) is 12.2 Å². The summed E-state index contributed by atoms with van der Waals surface area (Å²) in [5.74, 6) is -0.103. The van der Waals surface area contributed by atoms with E-state index in [1.807, 2.05) is 42.5 Å². The van der Waals surface area contributed by atoms with E-state index in [9.17, 15) is 4.79 Å². The number of carbonyl (C=O) groups excluding carboxylic acids is 1. The molecule has 0 spiro atoms. The molecule has 0 saturated heterocycles. The zero-order valence-corrected chi connectivity index (χ0v) is 11.4. The van der Waals surface area contributed by atoms with Crippen LogP contribution in [0.5, 0.6) is 0 Å². The molecule has 1 amide bonds. The third-order valence-corrected chi connectivity index (χ3v) is 3.21. The molecule has 2 N–H and O–H groups in total. The molecule has 0 unspecified atom stereocenters. The van der Waals surface area contributed by atoms with Crippen LogP contribution in [0.2, 0.25) is 0 Å². The number of hydrogen-bond donors (Lipinski definition) is 2. The van der Waals surface area contributed by atoms with E-state index in [2.05, 4.69) is 15.3 Å². The number of nitrogens with one attached hydrogen (secondary N) is 2. The minimum atomic E-state index is -0.103. The molecule has 0 atom stereocenters. The van der Waals surface area contributed by atoms with Crippen LogP contribution in [0.4, 0.5) is 0 Å². The Hall–Kier alpha value is -2.88. The van der Waals surface area contributed by atoms with Gasteiger partial charge in [0.25, 0.3) is 5.91 Å². The molecule has 2 aromatic heterocycles. The fourth-order valence-electron chi connectivity index (χ4n) is 2.08. The van der Waals surface area contributed by atoms with Gasteiger partial charge in [0.15, 0.2) is 0 Å². The first kappa shape index (κ1) is 13.1. The molecule has 4 nitrogen and oxygen atoms in total. The van der Waals surface area contributed by atoms with Crippen molar-refractivity contribution in [3.05, 3.63) is 78.2 Å². The molecule has 0 aliphatic heterocycles. The number of amides is 1. The Kier molecular flexibility index (Phi) is 3.78. The highest BCUT2D eigenvalue weighted by Crippen LogP contribution is 2.16. The van der Waals surface area contributed by atoms with Gasteiger partial charge in [-0.3, -0.25) is 9.78 Å². The van der Waals surface area contributed by atoms with E-state index in [1.165, 1.54) is 0 Å². The molecule has 0 aliphatic carbocycles. The first-order chi connectivity index (χ1) is 10.3. The molecule has 1 aromatic carbocycles. The molecule has 2 heterocycles. The third-order valence-electron chi connectivity index (χ3n) is 3.21. The highest BCUT2D eigenvalue weighted by Gasteiger charge is 2.05. The summed E-state index contributed by atoms with van der Waals surface area (Å²) in [7, 11) is 0. The van der Waals surface area contributed by atoms with Gasteiger partial charge in [-0.05, 0) is 29.8 Å². The minimum absolute atomic E-state index is 0.103. The molecule has 3 rings (SSSR count). The van der Waals surface area contributed by atoms with Gasteiger partial charge >= 0.3 is 0 Å². The summed E-state index contributed by atoms with van der Waals surface area (Å²) < 4.78 is 0. The monoisotopic (exact) mass is 277 g/mol. The van der Waals surface area contributed by atoms with Crippen LogP contribution < -0.4 is 5.32 Å². The molecule has 0 aliphatic rings. The first-order valence-corrected chi connectivity index (χ1v) is 6.75. The minimum Gasteiger partial charge on any atom is -0.357 e. The van der Waals surface area contributed by atoms with Crippen molar-refractivity contribution in [3.8, 4) is 11.3 Å². The van der Waals surface area contributed by atoms with E-state index < -0.39 is 0 Å². The molecule has 0 saturated carbocycles. The van der Waals surface area contributed by atoms with Gasteiger partial charge in [0.05, 0.1) is 5.69 Å². The van der Waals surface area contributed by atoms with Crippen LogP contribution in [0, 0.1) is 0 Å². The quantitative estimate of drug-likeness (QED) is 0.770. The third kappa shape index (κ3) is 3.17. The van der Waals surface area contributed by atoms with Crippen molar-refractivity contribution >= 4 is 5.91 Å². The van der Waals surface area contributed by atoms with Crippen LogP contribution in [0.15, 0.2) is 67.0 Å². The van der Waals surface area contributed by atoms with Gasteiger partial charge in [-0.25, -0.2) is 0 Å². The maximum Gasteiger partial charge on any atom is 0.267 e. The van der Waals surface area contributed by atoms with Crippen LogP contribution in [0.25, 0.3) is 11.3 Å². The van der Waals surface area contributed by atoms with Gasteiger partial charge in [0.1, 0.15) is 5.69 Å². The van der Waals surface area contributed by atoms with Crippen LogP contribution in [0.1, 0.15) is 16.1 Å². The molecule has 0 fully saturated rings. The van der Waals surface area contributed by atoms with Gasteiger partial charge in [-0.2, -0.15) is 0 Å². The number of rotatable bonds is 4. The number of benzene rings is 1. The van der Waals surface area contributed by atoms with Crippen molar-refractivity contribution in [1.82, 2.24) is 15.3 Å². The predicted molar refractivity (Wildman–Crippen MR) is 81.6 cm³/mol. The van der Waals surface area contributed by atoms with E-state index in [-0.39, 0.29) is 5.91 Å². The molecule has 21 heavy (non-hydrogen) atoms. The fourth-order valence-corrected chi connectivity index (χ4v) is 2.08. The van der Waals surface area contributed by atoms with Crippen LogP contribution in [-0.4, -0.2) is 15.9 Å². The summed E-state index contributed by atoms with van der Waals surface area (Å²) in [4.78, 5) is 19.0. The van der Waals surface area contributed by atoms with Crippen molar-refractivity contribution in [3.63, 3.8) is 0 Å². The normalized spacial score (nSPS) is 10.3. The van der Waals surface area contributed by atoms with Crippen molar-refractivity contribution in [2.45, 2.75) is 6.54 Å². The van der Waals surface area contributed by atoms with E-state index in [4.69, 9.17) is 0 Å². The standard InChI is InChI=1S/C17H15N3O/c21-17(16-5-3-11-19-16)20-12-13-6-8-14(9-7-13)15-4-1-2-10-18-15/h1-11,19H,12H2,(H,20,21). The number of aromatic nitrogens is 2. The Morgan fingerprint density at radius 1 is 1.05 bits per heavy atom. The molecule has 3 aromatic rings. The lowest BCUT2D eigenvalue weighted by atomic mass is 10.1. The average Bonchev–Trinajstić information content (AvgIpc) is 3.08. The Bertz CT molecular complexity index is 704. The Morgan fingerprint density at radius 2 is 1.90 bits per heavy atom. The average molecular weight is 277 g/mol. The van der Waals surface area contributed by atoms with Crippen molar-refractivity contribution < 1.29 is 4.79 Å². The number of nitrogens with zero attached hydrogens (tertiary/aromatic N) is 1. The summed E-state index contributed by atoms with van der Waals surface area (Å²) in [5, 5.41) is 2.87. The fraction of sp³-hybridized carbons (Fsp3) is 0.0588. The first-order valence-electron chi connectivity index (χ1n) is 6.75. The van der Waals surface area contributed by atoms with E-state index in [0.717, 1.165) is 16.8 Å². The van der Waals surface area contributed by atoms with Gasteiger partial charge in [-0.1, -0.05) is 30.3 Å². The van der Waals surface area contributed by atoms with Gasteiger partial charge in [0.2, 0.25) is 0 Å². The van der Waals surface area contributed by atoms with E-state index >= 15 is 0 Å². The van der Waals surface area contributed by atoms with Crippen LogP contribution >= 0.6 is 0 Å². The van der Waals surface area contributed by atoms with Crippen LogP contribution in [0.3, 0.4) is 0 Å². The van der Waals surface area contributed by atoms with Crippen molar-refractivity contribution in [2.75, 3.05) is 0 Å². The number of carbonyl (C=O) groups is 1. The second-order valence-electron chi connectivity index (χ2n) is 4.68.